The molecule has 22 heavy (non-hydrogen) atoms. The minimum absolute atomic E-state index is 0.0220. The molecule has 0 unspecified atom stereocenters. The van der Waals surface area contributed by atoms with Crippen molar-refractivity contribution in [2.24, 2.45) is 5.92 Å². The van der Waals surface area contributed by atoms with E-state index in [9.17, 15) is 4.79 Å². The van der Waals surface area contributed by atoms with E-state index < -0.39 is 0 Å². The summed E-state index contributed by atoms with van der Waals surface area (Å²) in [5.74, 6) is 1.51. The number of nitrogens with zero attached hydrogens (tertiary/aromatic N) is 1. The van der Waals surface area contributed by atoms with Gasteiger partial charge < -0.3 is 14.8 Å². The zero-order valence-electron chi connectivity index (χ0n) is 13.2. The molecule has 120 valence electrons. The van der Waals surface area contributed by atoms with Gasteiger partial charge in [0.1, 0.15) is 5.75 Å². The lowest BCUT2D eigenvalue weighted by molar-refractivity contribution is -0.122. The number of morpholine rings is 1. The number of rotatable bonds is 5. The van der Waals surface area contributed by atoms with Gasteiger partial charge in [-0.05, 0) is 49.9 Å². The van der Waals surface area contributed by atoms with Crippen LogP contribution < -0.4 is 10.1 Å². The Morgan fingerprint density at radius 1 is 1.32 bits per heavy atom. The first-order valence-corrected chi connectivity index (χ1v) is 7.96. The summed E-state index contributed by atoms with van der Waals surface area (Å²) in [5.41, 5.74) is 0.797. The number of benzene rings is 1. The van der Waals surface area contributed by atoms with Crippen LogP contribution in [0.4, 0.5) is 5.69 Å². The largest absolute Gasteiger partial charge is 0.497 e. The zero-order valence-corrected chi connectivity index (χ0v) is 13.2. The Morgan fingerprint density at radius 2 is 2.05 bits per heavy atom. The van der Waals surface area contributed by atoms with Gasteiger partial charge in [0, 0.05) is 18.8 Å². The molecule has 1 aliphatic heterocycles. The number of carbonyl (C=O) groups excluding carboxylic acids is 1. The molecule has 0 bridgehead atoms. The Bertz CT molecular complexity index is 513. The molecular weight excluding hydrogens is 280 g/mol. The van der Waals surface area contributed by atoms with Crippen molar-refractivity contribution in [2.45, 2.75) is 32.0 Å². The van der Waals surface area contributed by atoms with Crippen LogP contribution >= 0.6 is 0 Å². The van der Waals surface area contributed by atoms with Crippen LogP contribution in [0.5, 0.6) is 5.75 Å². The number of carbonyl (C=O) groups is 1. The van der Waals surface area contributed by atoms with E-state index in [0.29, 0.717) is 18.6 Å². The topological polar surface area (TPSA) is 50.8 Å². The third-order valence-electron chi connectivity index (χ3n) is 4.25. The fraction of sp³-hybridized carbons (Fsp3) is 0.588. The SMILES string of the molecule is COc1ccc(NC(=O)CN2C[C@@H](C)O[C@H](C3CC3)C2)cc1. The van der Waals surface area contributed by atoms with E-state index in [1.54, 1.807) is 7.11 Å². The zero-order chi connectivity index (χ0) is 15.5. The third-order valence-corrected chi connectivity index (χ3v) is 4.25. The lowest BCUT2D eigenvalue weighted by Gasteiger charge is -2.36. The van der Waals surface area contributed by atoms with Crippen LogP contribution in [-0.4, -0.2) is 49.8 Å². The molecule has 3 rings (SSSR count). The number of ether oxygens (including phenoxy) is 2. The predicted octanol–water partition coefficient (Wildman–Crippen LogP) is 2.13. The maximum atomic E-state index is 12.2. The molecule has 0 spiro atoms. The summed E-state index contributed by atoms with van der Waals surface area (Å²) in [4.78, 5) is 14.4. The smallest absolute Gasteiger partial charge is 0.238 e. The van der Waals surface area contributed by atoms with E-state index in [4.69, 9.17) is 9.47 Å². The van der Waals surface area contributed by atoms with Crippen LogP contribution in [0.2, 0.25) is 0 Å². The van der Waals surface area contributed by atoms with Crippen molar-refractivity contribution >= 4 is 11.6 Å². The highest BCUT2D eigenvalue weighted by Crippen LogP contribution is 2.36. The average molecular weight is 304 g/mol. The molecule has 1 heterocycles. The summed E-state index contributed by atoms with van der Waals surface area (Å²) in [5, 5.41) is 2.94. The van der Waals surface area contributed by atoms with Crippen molar-refractivity contribution < 1.29 is 14.3 Å². The minimum Gasteiger partial charge on any atom is -0.497 e. The summed E-state index contributed by atoms with van der Waals surface area (Å²) >= 11 is 0. The standard InChI is InChI=1S/C17H24N2O3/c1-12-9-19(10-16(22-12)13-3-4-13)11-17(20)18-14-5-7-15(21-2)8-6-14/h5-8,12-13,16H,3-4,9-11H2,1-2H3,(H,18,20)/t12-,16+/m1/s1. The lowest BCUT2D eigenvalue weighted by atomic mass is 10.1. The fourth-order valence-corrected chi connectivity index (χ4v) is 3.01. The van der Waals surface area contributed by atoms with Gasteiger partial charge in [-0.15, -0.1) is 0 Å². The molecule has 2 atom stereocenters. The average Bonchev–Trinajstić information content (AvgIpc) is 3.32. The maximum absolute atomic E-state index is 12.2. The Balaban J connectivity index is 1.51. The molecule has 5 heteroatoms. The van der Waals surface area contributed by atoms with Gasteiger partial charge in [-0.2, -0.15) is 0 Å². The molecule has 1 aromatic rings. The summed E-state index contributed by atoms with van der Waals surface area (Å²) in [6.07, 6.45) is 3.04. The second-order valence-electron chi connectivity index (χ2n) is 6.29. The minimum atomic E-state index is 0.0220. The Morgan fingerprint density at radius 3 is 2.68 bits per heavy atom. The molecule has 1 N–H and O–H groups in total. The molecule has 1 aromatic carbocycles. The molecule has 2 aliphatic rings. The predicted molar refractivity (Wildman–Crippen MR) is 85.1 cm³/mol. The molecule has 1 saturated carbocycles. The van der Waals surface area contributed by atoms with E-state index in [0.717, 1.165) is 24.5 Å². The highest BCUT2D eigenvalue weighted by atomic mass is 16.5. The molecule has 1 saturated heterocycles. The first kappa shape index (κ1) is 15.3. The first-order chi connectivity index (χ1) is 10.6. The van der Waals surface area contributed by atoms with Crippen LogP contribution in [0.25, 0.3) is 0 Å². The first-order valence-electron chi connectivity index (χ1n) is 7.96. The van der Waals surface area contributed by atoms with Gasteiger partial charge in [0.15, 0.2) is 0 Å². The molecule has 0 radical (unpaired) electrons. The number of hydrogen-bond donors (Lipinski definition) is 1. The van der Waals surface area contributed by atoms with E-state index in [-0.39, 0.29) is 12.0 Å². The summed E-state index contributed by atoms with van der Waals surface area (Å²) < 4.78 is 11.1. The van der Waals surface area contributed by atoms with Gasteiger partial charge in [0.2, 0.25) is 5.91 Å². The van der Waals surface area contributed by atoms with E-state index in [1.165, 1.54) is 12.8 Å². The Hall–Kier alpha value is -1.59. The van der Waals surface area contributed by atoms with E-state index >= 15 is 0 Å². The van der Waals surface area contributed by atoms with Gasteiger partial charge in [0.25, 0.3) is 0 Å². The highest BCUT2D eigenvalue weighted by molar-refractivity contribution is 5.92. The van der Waals surface area contributed by atoms with Gasteiger partial charge in [-0.25, -0.2) is 0 Å². The van der Waals surface area contributed by atoms with Crippen LogP contribution in [-0.2, 0) is 9.53 Å². The Labute approximate surface area is 131 Å². The van der Waals surface area contributed by atoms with Crippen molar-refractivity contribution in [1.29, 1.82) is 0 Å². The number of methoxy groups -OCH3 is 1. The number of amides is 1. The number of hydrogen-bond acceptors (Lipinski definition) is 4. The highest BCUT2D eigenvalue weighted by Gasteiger charge is 2.37. The summed E-state index contributed by atoms with van der Waals surface area (Å²) in [7, 11) is 1.63. The van der Waals surface area contributed by atoms with Crippen molar-refractivity contribution in [3.05, 3.63) is 24.3 Å². The quantitative estimate of drug-likeness (QED) is 0.905. The van der Waals surface area contributed by atoms with Gasteiger partial charge in [0.05, 0.1) is 25.9 Å². The van der Waals surface area contributed by atoms with Crippen molar-refractivity contribution in [1.82, 2.24) is 4.90 Å². The van der Waals surface area contributed by atoms with Crippen molar-refractivity contribution in [3.63, 3.8) is 0 Å². The molecule has 1 aliphatic carbocycles. The van der Waals surface area contributed by atoms with Crippen LogP contribution in [0.3, 0.4) is 0 Å². The van der Waals surface area contributed by atoms with E-state index in [1.807, 2.05) is 24.3 Å². The van der Waals surface area contributed by atoms with E-state index in [2.05, 4.69) is 17.1 Å². The Kier molecular flexibility index (Phi) is 4.64. The second-order valence-corrected chi connectivity index (χ2v) is 6.29. The van der Waals surface area contributed by atoms with Gasteiger partial charge in [-0.3, -0.25) is 9.69 Å². The van der Waals surface area contributed by atoms with Gasteiger partial charge >= 0.3 is 0 Å². The van der Waals surface area contributed by atoms with Crippen LogP contribution in [0, 0.1) is 5.92 Å². The third kappa shape index (κ3) is 3.99. The number of nitrogens with one attached hydrogen (secondary N) is 1. The van der Waals surface area contributed by atoms with Crippen molar-refractivity contribution in [3.8, 4) is 5.75 Å². The van der Waals surface area contributed by atoms with Gasteiger partial charge in [-0.1, -0.05) is 0 Å². The van der Waals surface area contributed by atoms with Crippen LogP contribution in [0.1, 0.15) is 19.8 Å². The molecular formula is C17H24N2O3. The summed E-state index contributed by atoms with van der Waals surface area (Å²) in [6.45, 7) is 4.19. The molecule has 5 nitrogen and oxygen atoms in total. The monoisotopic (exact) mass is 304 g/mol. The lowest BCUT2D eigenvalue weighted by Crippen LogP contribution is -2.49. The molecule has 1 amide bonds. The molecule has 2 fully saturated rings. The normalized spacial score (nSPS) is 25.7. The van der Waals surface area contributed by atoms with Crippen LogP contribution in [0.15, 0.2) is 24.3 Å². The second kappa shape index (κ2) is 6.67. The summed E-state index contributed by atoms with van der Waals surface area (Å²) in [6, 6.07) is 7.39. The number of anilines is 1. The van der Waals surface area contributed by atoms with Crippen molar-refractivity contribution in [2.75, 3.05) is 32.1 Å². The fourth-order valence-electron chi connectivity index (χ4n) is 3.01. The maximum Gasteiger partial charge on any atom is 0.238 e. The molecule has 0 aromatic heterocycles.